The van der Waals surface area contributed by atoms with E-state index in [4.69, 9.17) is 42.6 Å². The van der Waals surface area contributed by atoms with E-state index in [-0.39, 0.29) is 0 Å². The van der Waals surface area contributed by atoms with Crippen LogP contribution in [0, 0.1) is 0 Å². The number of ether oxygens (including phenoxy) is 9. The van der Waals surface area contributed by atoms with E-state index in [0.717, 1.165) is 55.2 Å². The van der Waals surface area contributed by atoms with E-state index in [1.165, 1.54) is 16.7 Å². The quantitative estimate of drug-likeness (QED) is 0.111. The molecule has 0 aliphatic rings. The van der Waals surface area contributed by atoms with Gasteiger partial charge in [-0.1, -0.05) is 18.2 Å². The van der Waals surface area contributed by atoms with Crippen molar-refractivity contribution in [2.24, 2.45) is 0 Å². The molecule has 9 heteroatoms. The summed E-state index contributed by atoms with van der Waals surface area (Å²) in [7, 11) is 14.7. The summed E-state index contributed by atoms with van der Waals surface area (Å²) in [5.74, 6) is 5.67. The van der Waals surface area contributed by atoms with Crippen LogP contribution in [0.4, 0.5) is 0 Å². The van der Waals surface area contributed by atoms with Crippen LogP contribution >= 0.6 is 0 Å². The molecule has 4 aromatic carbocycles. The smallest absolute Gasteiger partial charge is 0.203 e. The van der Waals surface area contributed by atoms with Crippen LogP contribution in [-0.4, -0.2) is 64.0 Å². The van der Waals surface area contributed by atoms with Crippen molar-refractivity contribution in [1.82, 2.24) is 0 Å². The van der Waals surface area contributed by atoms with Gasteiger partial charge in [0, 0.05) is 0 Å². The number of hydrogen-bond donors (Lipinski definition) is 0. The Balaban J connectivity index is 1.63. The molecule has 0 atom stereocenters. The molecule has 0 radical (unpaired) electrons. The molecule has 0 bridgehead atoms. The summed E-state index contributed by atoms with van der Waals surface area (Å²) in [5, 5.41) is 0. The predicted octanol–water partition coefficient (Wildman–Crippen LogP) is 7.12. The van der Waals surface area contributed by atoms with Crippen LogP contribution in [0.25, 0.3) is 0 Å². The van der Waals surface area contributed by atoms with Gasteiger partial charge >= 0.3 is 0 Å². The Bertz CT molecular complexity index is 1380. The standard InChI is InChI=1S/C39H48O9/c1-40-31-19-28(20-32(41-2)37(31)46-7)13-10-25-16-26(11-14-29-21-33(42-3)38(47-8)34(22-29)43-4)18-27(17-25)12-15-30-23-35(44-5)39(48-9)36(24-30)45-6/h16-24H,10-15H2,1-9H3. The second kappa shape index (κ2) is 17.3. The maximum absolute atomic E-state index is 5.60. The Morgan fingerprint density at radius 1 is 0.250 bits per heavy atom. The highest BCUT2D eigenvalue weighted by Gasteiger charge is 2.16. The Morgan fingerprint density at radius 2 is 0.417 bits per heavy atom. The summed E-state index contributed by atoms with van der Waals surface area (Å²) in [6, 6.07) is 19.0. The van der Waals surface area contributed by atoms with Gasteiger partial charge in [0.05, 0.1) is 64.0 Å². The Hall–Kier alpha value is -4.92. The highest BCUT2D eigenvalue weighted by molar-refractivity contribution is 5.56. The van der Waals surface area contributed by atoms with Gasteiger partial charge in [0.15, 0.2) is 34.5 Å². The maximum atomic E-state index is 5.60. The minimum atomic E-state index is 0.589. The van der Waals surface area contributed by atoms with Gasteiger partial charge in [0.25, 0.3) is 0 Å². The molecule has 0 N–H and O–H groups in total. The minimum Gasteiger partial charge on any atom is -0.493 e. The topological polar surface area (TPSA) is 83.1 Å². The number of methoxy groups -OCH3 is 9. The number of hydrogen-bond acceptors (Lipinski definition) is 9. The molecule has 9 nitrogen and oxygen atoms in total. The molecule has 0 aromatic heterocycles. The highest BCUT2D eigenvalue weighted by Crippen LogP contribution is 2.40. The average molecular weight is 661 g/mol. The van der Waals surface area contributed by atoms with Crippen molar-refractivity contribution >= 4 is 0 Å². The third-order valence-corrected chi connectivity index (χ3v) is 8.39. The van der Waals surface area contributed by atoms with E-state index >= 15 is 0 Å². The van der Waals surface area contributed by atoms with E-state index in [0.29, 0.717) is 51.7 Å². The van der Waals surface area contributed by atoms with Crippen molar-refractivity contribution in [3.8, 4) is 51.7 Å². The minimum absolute atomic E-state index is 0.589. The van der Waals surface area contributed by atoms with Crippen LogP contribution in [0.3, 0.4) is 0 Å². The zero-order valence-electron chi connectivity index (χ0n) is 29.6. The van der Waals surface area contributed by atoms with Crippen molar-refractivity contribution in [3.63, 3.8) is 0 Å². The lowest BCUT2D eigenvalue weighted by Crippen LogP contribution is -2.02. The molecule has 4 aromatic rings. The molecule has 258 valence electrons. The number of rotatable bonds is 18. The summed E-state index contributed by atoms with van der Waals surface area (Å²) >= 11 is 0. The highest BCUT2D eigenvalue weighted by atomic mass is 16.5. The summed E-state index contributed by atoms with van der Waals surface area (Å²) in [4.78, 5) is 0. The Kier molecular flexibility index (Phi) is 12.9. The number of aryl methyl sites for hydroxylation is 6. The van der Waals surface area contributed by atoms with Crippen molar-refractivity contribution < 1.29 is 42.6 Å². The predicted molar refractivity (Wildman–Crippen MR) is 187 cm³/mol. The zero-order chi connectivity index (χ0) is 34.6. The monoisotopic (exact) mass is 660 g/mol. The van der Waals surface area contributed by atoms with Crippen molar-refractivity contribution in [3.05, 3.63) is 88.0 Å². The second-order valence-electron chi connectivity index (χ2n) is 11.3. The molecule has 0 aliphatic heterocycles. The summed E-state index contributed by atoms with van der Waals surface area (Å²) < 4.78 is 50.1. The van der Waals surface area contributed by atoms with Gasteiger partial charge in [-0.2, -0.15) is 0 Å². The van der Waals surface area contributed by atoms with Crippen LogP contribution in [0.1, 0.15) is 33.4 Å². The van der Waals surface area contributed by atoms with Crippen LogP contribution in [0.2, 0.25) is 0 Å². The first-order valence-electron chi connectivity index (χ1n) is 15.8. The Morgan fingerprint density at radius 3 is 0.562 bits per heavy atom. The molecular weight excluding hydrogens is 612 g/mol. The van der Waals surface area contributed by atoms with Crippen molar-refractivity contribution in [2.45, 2.75) is 38.5 Å². The fourth-order valence-electron chi connectivity index (χ4n) is 5.98. The van der Waals surface area contributed by atoms with Crippen molar-refractivity contribution in [1.29, 1.82) is 0 Å². The molecule has 0 amide bonds. The lowest BCUT2D eigenvalue weighted by molar-refractivity contribution is 0.324. The molecule has 0 unspecified atom stereocenters. The zero-order valence-corrected chi connectivity index (χ0v) is 29.6. The normalized spacial score (nSPS) is 10.7. The summed E-state index contributed by atoms with van der Waals surface area (Å²) in [5.41, 5.74) is 7.08. The molecule has 0 fully saturated rings. The van der Waals surface area contributed by atoms with E-state index in [1.807, 2.05) is 36.4 Å². The fraction of sp³-hybridized carbons (Fsp3) is 0.385. The lowest BCUT2D eigenvalue weighted by Gasteiger charge is -2.16. The van der Waals surface area contributed by atoms with Crippen LogP contribution in [0.5, 0.6) is 51.7 Å². The van der Waals surface area contributed by atoms with Crippen LogP contribution < -0.4 is 42.6 Å². The molecule has 4 rings (SSSR count). The summed E-state index contributed by atoms with van der Waals surface area (Å²) in [6.45, 7) is 0. The molecule has 0 heterocycles. The lowest BCUT2D eigenvalue weighted by atomic mass is 9.94. The van der Waals surface area contributed by atoms with E-state index in [9.17, 15) is 0 Å². The van der Waals surface area contributed by atoms with Gasteiger partial charge in [-0.25, -0.2) is 0 Å². The molecule has 48 heavy (non-hydrogen) atoms. The molecule has 0 saturated heterocycles. The van der Waals surface area contributed by atoms with E-state index < -0.39 is 0 Å². The fourth-order valence-corrected chi connectivity index (χ4v) is 5.98. The Labute approximate surface area is 284 Å². The van der Waals surface area contributed by atoms with E-state index in [2.05, 4.69) is 18.2 Å². The molecular formula is C39H48O9. The number of benzene rings is 4. The largest absolute Gasteiger partial charge is 0.493 e. The third-order valence-electron chi connectivity index (χ3n) is 8.39. The first-order chi connectivity index (χ1) is 23.3. The average Bonchev–Trinajstić information content (AvgIpc) is 3.13. The maximum Gasteiger partial charge on any atom is 0.203 e. The third kappa shape index (κ3) is 8.51. The first-order valence-corrected chi connectivity index (χ1v) is 15.8. The van der Waals surface area contributed by atoms with Crippen LogP contribution in [-0.2, 0) is 38.5 Å². The van der Waals surface area contributed by atoms with Gasteiger partial charge in [-0.15, -0.1) is 0 Å². The SMILES string of the molecule is COc1cc(CCc2cc(CCc3cc(OC)c(OC)c(OC)c3)cc(CCc3cc(OC)c(OC)c(OC)c3)c2)cc(OC)c1OC. The van der Waals surface area contributed by atoms with Gasteiger partial charge in [0.2, 0.25) is 17.2 Å². The first kappa shape index (κ1) is 35.9. The molecule has 0 saturated carbocycles. The van der Waals surface area contributed by atoms with Gasteiger partial charge < -0.3 is 42.6 Å². The summed E-state index contributed by atoms with van der Waals surface area (Å²) in [6.07, 6.45) is 4.94. The van der Waals surface area contributed by atoms with Crippen LogP contribution in [0.15, 0.2) is 54.6 Å². The van der Waals surface area contributed by atoms with Crippen molar-refractivity contribution in [2.75, 3.05) is 64.0 Å². The van der Waals surface area contributed by atoms with E-state index in [1.54, 1.807) is 64.0 Å². The molecule has 0 spiro atoms. The molecule has 0 aliphatic carbocycles. The van der Waals surface area contributed by atoms with Gasteiger partial charge in [0.1, 0.15) is 0 Å². The van der Waals surface area contributed by atoms with Gasteiger partial charge in [-0.05, 0) is 108 Å². The van der Waals surface area contributed by atoms with Gasteiger partial charge in [-0.3, -0.25) is 0 Å². The second-order valence-corrected chi connectivity index (χ2v) is 11.3.